The molecule has 0 saturated carbocycles. The first kappa shape index (κ1) is 11.4. The topological polar surface area (TPSA) is 40.9 Å². The molecule has 100 valence electrons. The Kier molecular flexibility index (Phi) is 2.60. The van der Waals surface area contributed by atoms with Crippen LogP contribution in [-0.2, 0) is 0 Å². The maximum atomic E-state index is 11.4. The number of fused-ring (bicyclic) bond motifs is 2. The first-order valence-corrected chi connectivity index (χ1v) is 7.64. The standard InChI is InChI=1S/C13H16N4OS/c18-9-11-12(14-13-17(11)6-7-19-13)16-5-4-15-3-1-2-10(15)8-16/h6-7,9-10H,1-5,8H2. The molecule has 6 heteroatoms. The Morgan fingerprint density at radius 1 is 1.37 bits per heavy atom. The zero-order valence-corrected chi connectivity index (χ0v) is 11.5. The fraction of sp³-hybridized carbons (Fsp3) is 0.538. The lowest BCUT2D eigenvalue weighted by Crippen LogP contribution is -2.50. The van der Waals surface area contributed by atoms with Crippen LogP contribution in [0.25, 0.3) is 4.96 Å². The van der Waals surface area contributed by atoms with Crippen molar-refractivity contribution in [3.63, 3.8) is 0 Å². The Morgan fingerprint density at radius 2 is 2.32 bits per heavy atom. The highest BCUT2D eigenvalue weighted by atomic mass is 32.1. The van der Waals surface area contributed by atoms with Crippen molar-refractivity contribution in [2.24, 2.45) is 0 Å². The molecule has 2 aliphatic heterocycles. The number of anilines is 1. The molecule has 2 aliphatic rings. The lowest BCUT2D eigenvalue weighted by atomic mass is 10.1. The maximum Gasteiger partial charge on any atom is 0.196 e. The number of imidazole rings is 1. The molecular weight excluding hydrogens is 260 g/mol. The van der Waals surface area contributed by atoms with Crippen LogP contribution in [0.3, 0.4) is 0 Å². The van der Waals surface area contributed by atoms with E-state index in [4.69, 9.17) is 0 Å². The molecule has 19 heavy (non-hydrogen) atoms. The van der Waals surface area contributed by atoms with Crippen LogP contribution in [0.5, 0.6) is 0 Å². The van der Waals surface area contributed by atoms with Crippen LogP contribution in [0, 0.1) is 0 Å². The fourth-order valence-corrected chi connectivity index (χ4v) is 4.03. The molecule has 0 aliphatic carbocycles. The number of aldehydes is 1. The molecule has 1 unspecified atom stereocenters. The van der Waals surface area contributed by atoms with Crippen molar-refractivity contribution >= 4 is 28.4 Å². The number of hydrogen-bond donors (Lipinski definition) is 0. The summed E-state index contributed by atoms with van der Waals surface area (Å²) in [6, 6.07) is 0.646. The van der Waals surface area contributed by atoms with Crippen molar-refractivity contribution < 1.29 is 4.79 Å². The first-order chi connectivity index (χ1) is 9.36. The predicted molar refractivity (Wildman–Crippen MR) is 75.3 cm³/mol. The average Bonchev–Trinajstić information content (AvgIpc) is 3.12. The number of rotatable bonds is 2. The van der Waals surface area contributed by atoms with Crippen LogP contribution in [0.15, 0.2) is 11.6 Å². The van der Waals surface area contributed by atoms with Crippen LogP contribution in [0.1, 0.15) is 23.3 Å². The third-order valence-corrected chi connectivity index (χ3v) is 5.03. The molecule has 0 spiro atoms. The Hall–Kier alpha value is -1.40. The summed E-state index contributed by atoms with van der Waals surface area (Å²) in [5.41, 5.74) is 0.697. The van der Waals surface area contributed by atoms with Crippen molar-refractivity contribution in [1.29, 1.82) is 0 Å². The van der Waals surface area contributed by atoms with Crippen LogP contribution in [0.2, 0.25) is 0 Å². The summed E-state index contributed by atoms with van der Waals surface area (Å²) < 4.78 is 1.90. The van der Waals surface area contributed by atoms with E-state index in [-0.39, 0.29) is 0 Å². The van der Waals surface area contributed by atoms with E-state index >= 15 is 0 Å². The minimum atomic E-state index is 0.646. The van der Waals surface area contributed by atoms with Crippen LogP contribution in [-0.4, -0.2) is 52.8 Å². The Bertz CT molecular complexity index is 619. The highest BCUT2D eigenvalue weighted by Gasteiger charge is 2.32. The Balaban J connectivity index is 1.70. The lowest BCUT2D eigenvalue weighted by molar-refractivity contribution is 0.111. The van der Waals surface area contributed by atoms with E-state index in [1.165, 1.54) is 19.4 Å². The van der Waals surface area contributed by atoms with E-state index in [9.17, 15) is 4.79 Å². The minimum Gasteiger partial charge on any atom is -0.352 e. The number of aromatic nitrogens is 2. The monoisotopic (exact) mass is 276 g/mol. The van der Waals surface area contributed by atoms with Crippen LogP contribution in [0.4, 0.5) is 5.82 Å². The number of carbonyl (C=O) groups excluding carboxylic acids is 1. The molecule has 2 saturated heterocycles. The molecule has 1 atom stereocenters. The molecule has 0 bridgehead atoms. The Labute approximate surface area is 115 Å². The summed E-state index contributed by atoms with van der Waals surface area (Å²) in [6.45, 7) is 4.30. The first-order valence-electron chi connectivity index (χ1n) is 6.76. The van der Waals surface area contributed by atoms with Gasteiger partial charge in [-0.1, -0.05) is 0 Å². The van der Waals surface area contributed by atoms with Gasteiger partial charge in [0, 0.05) is 37.3 Å². The third kappa shape index (κ3) is 1.70. The summed E-state index contributed by atoms with van der Waals surface area (Å²) in [6.07, 6.45) is 5.43. The van der Waals surface area contributed by atoms with E-state index in [2.05, 4.69) is 14.8 Å². The van der Waals surface area contributed by atoms with Crippen molar-refractivity contribution in [3.8, 4) is 0 Å². The number of hydrogen-bond acceptors (Lipinski definition) is 5. The second-order valence-corrected chi connectivity index (χ2v) is 6.15. The molecule has 2 fully saturated rings. The predicted octanol–water partition coefficient (Wildman–Crippen LogP) is 1.49. The number of nitrogens with zero attached hydrogens (tertiary/aromatic N) is 4. The summed E-state index contributed by atoms with van der Waals surface area (Å²) in [7, 11) is 0. The van der Waals surface area contributed by atoms with Gasteiger partial charge in [-0.2, -0.15) is 0 Å². The van der Waals surface area contributed by atoms with Gasteiger partial charge >= 0.3 is 0 Å². The van der Waals surface area contributed by atoms with Crippen LogP contribution >= 0.6 is 11.3 Å². The molecule has 0 aromatic carbocycles. The van der Waals surface area contributed by atoms with Gasteiger partial charge in [0.15, 0.2) is 17.1 Å². The normalized spacial score (nSPS) is 24.0. The minimum absolute atomic E-state index is 0.646. The van der Waals surface area contributed by atoms with Gasteiger partial charge in [0.05, 0.1) is 0 Å². The zero-order chi connectivity index (χ0) is 12.8. The molecule has 2 aromatic rings. The SMILES string of the molecule is O=Cc1c(N2CCN3CCCC3C2)nc2sccn12. The second-order valence-electron chi connectivity index (χ2n) is 5.27. The molecular formula is C13H16N4OS. The summed E-state index contributed by atoms with van der Waals surface area (Å²) in [5.74, 6) is 0.869. The molecule has 5 nitrogen and oxygen atoms in total. The highest BCUT2D eigenvalue weighted by Crippen LogP contribution is 2.28. The van der Waals surface area contributed by atoms with Gasteiger partial charge in [0.2, 0.25) is 0 Å². The van der Waals surface area contributed by atoms with Gasteiger partial charge in [0.1, 0.15) is 5.69 Å². The molecule has 0 N–H and O–H groups in total. The second kappa shape index (κ2) is 4.31. The number of thiazole rings is 1. The van der Waals surface area contributed by atoms with E-state index in [0.29, 0.717) is 11.7 Å². The third-order valence-electron chi connectivity index (χ3n) is 4.28. The number of piperazine rings is 1. The Morgan fingerprint density at radius 3 is 3.21 bits per heavy atom. The average molecular weight is 276 g/mol. The van der Waals surface area contributed by atoms with Gasteiger partial charge < -0.3 is 4.90 Å². The lowest BCUT2D eigenvalue weighted by Gasteiger charge is -2.37. The van der Waals surface area contributed by atoms with Gasteiger partial charge in [-0.15, -0.1) is 11.3 Å². The molecule has 2 aromatic heterocycles. The van der Waals surface area contributed by atoms with Crippen LogP contribution < -0.4 is 4.90 Å². The van der Waals surface area contributed by atoms with E-state index in [0.717, 1.165) is 36.7 Å². The zero-order valence-electron chi connectivity index (χ0n) is 10.7. The summed E-state index contributed by atoms with van der Waals surface area (Å²) in [5, 5.41) is 1.97. The van der Waals surface area contributed by atoms with Crippen molar-refractivity contribution in [3.05, 3.63) is 17.3 Å². The van der Waals surface area contributed by atoms with Gasteiger partial charge in [-0.25, -0.2) is 4.98 Å². The van der Waals surface area contributed by atoms with E-state index in [1.54, 1.807) is 11.3 Å². The molecule has 0 amide bonds. The van der Waals surface area contributed by atoms with Gasteiger partial charge in [-0.05, 0) is 19.4 Å². The quantitative estimate of drug-likeness (QED) is 0.779. The summed E-state index contributed by atoms with van der Waals surface area (Å²) >= 11 is 1.58. The maximum absolute atomic E-state index is 11.4. The highest BCUT2D eigenvalue weighted by molar-refractivity contribution is 7.15. The summed E-state index contributed by atoms with van der Waals surface area (Å²) in [4.78, 5) is 21.8. The van der Waals surface area contributed by atoms with Crippen molar-refractivity contribution in [2.45, 2.75) is 18.9 Å². The van der Waals surface area contributed by atoms with Crippen molar-refractivity contribution in [2.75, 3.05) is 31.1 Å². The van der Waals surface area contributed by atoms with Gasteiger partial charge in [-0.3, -0.25) is 14.1 Å². The molecule has 0 radical (unpaired) electrons. The number of carbonyl (C=O) groups is 1. The van der Waals surface area contributed by atoms with E-state index < -0.39 is 0 Å². The van der Waals surface area contributed by atoms with Gasteiger partial charge in [0.25, 0.3) is 0 Å². The van der Waals surface area contributed by atoms with E-state index in [1.807, 2.05) is 16.0 Å². The molecule has 4 rings (SSSR count). The molecule has 4 heterocycles. The fourth-order valence-electron chi connectivity index (χ4n) is 3.32. The largest absolute Gasteiger partial charge is 0.352 e. The van der Waals surface area contributed by atoms with Crippen molar-refractivity contribution in [1.82, 2.24) is 14.3 Å². The smallest absolute Gasteiger partial charge is 0.196 e.